The quantitative estimate of drug-likeness (QED) is 0.621. The first kappa shape index (κ1) is 17.1. The van der Waals surface area contributed by atoms with E-state index in [1.807, 2.05) is 12.1 Å². The number of hydrogen-bond acceptors (Lipinski definition) is 6. The number of amides is 1. The smallest absolute Gasteiger partial charge is 0.231 e. The van der Waals surface area contributed by atoms with Gasteiger partial charge in [-0.3, -0.25) is 4.79 Å². The highest BCUT2D eigenvalue weighted by molar-refractivity contribution is 7.99. The second-order valence-corrected chi connectivity index (χ2v) is 5.57. The minimum Gasteiger partial charge on any atom is -0.479 e. The van der Waals surface area contributed by atoms with Gasteiger partial charge >= 0.3 is 0 Å². The molecular weight excluding hydrogens is 338 g/mol. The molecule has 0 fully saturated rings. The molecule has 0 saturated carbocycles. The largest absolute Gasteiger partial charge is 0.479 e. The van der Waals surface area contributed by atoms with Crippen molar-refractivity contribution in [1.29, 1.82) is 0 Å². The molecule has 1 aromatic carbocycles. The molecule has 0 aliphatic heterocycles. The lowest BCUT2D eigenvalue weighted by Crippen LogP contribution is -2.25. The Hall–Kier alpha value is -2.24. The van der Waals surface area contributed by atoms with Gasteiger partial charge in [0.15, 0.2) is 0 Å². The molecule has 0 spiro atoms. The lowest BCUT2D eigenvalue weighted by Gasteiger charge is -2.03. The highest BCUT2D eigenvalue weighted by Gasteiger charge is 2.06. The predicted molar refractivity (Wildman–Crippen MR) is 87.3 cm³/mol. The summed E-state index contributed by atoms with van der Waals surface area (Å²) in [5.74, 6) is 6.29. The van der Waals surface area contributed by atoms with Crippen LogP contribution in [-0.4, -0.2) is 45.0 Å². The number of ether oxygens (including phenoxy) is 1. The fourth-order valence-electron chi connectivity index (χ4n) is 1.46. The highest BCUT2D eigenvalue weighted by atomic mass is 35.5. The third-order valence-corrected chi connectivity index (χ3v) is 3.87. The van der Waals surface area contributed by atoms with Crippen molar-refractivity contribution in [3.8, 4) is 17.6 Å². The summed E-state index contributed by atoms with van der Waals surface area (Å²) < 4.78 is 6.91. The van der Waals surface area contributed by atoms with Gasteiger partial charge in [0.1, 0.15) is 12.4 Å². The number of tetrazole rings is 1. The van der Waals surface area contributed by atoms with E-state index in [2.05, 4.69) is 32.7 Å². The van der Waals surface area contributed by atoms with Crippen LogP contribution in [0.1, 0.15) is 0 Å². The van der Waals surface area contributed by atoms with Crippen LogP contribution in [0.15, 0.2) is 29.4 Å². The van der Waals surface area contributed by atoms with Crippen LogP contribution < -0.4 is 10.1 Å². The Bertz CT molecular complexity index is 725. The maximum absolute atomic E-state index is 11.6. The molecule has 7 nitrogen and oxygen atoms in total. The Labute approximate surface area is 142 Å². The number of carbonyl (C=O) groups excluding carboxylic acids is 1. The van der Waals surface area contributed by atoms with Gasteiger partial charge in [-0.05, 0) is 22.6 Å². The molecule has 1 N–H and O–H groups in total. The zero-order valence-electron chi connectivity index (χ0n) is 12.3. The molecule has 2 aromatic rings. The predicted octanol–water partition coefficient (Wildman–Crippen LogP) is 1.15. The van der Waals surface area contributed by atoms with E-state index in [1.165, 1.54) is 16.4 Å². The highest BCUT2D eigenvalue weighted by Crippen LogP contribution is 2.22. The number of halogens is 1. The van der Waals surface area contributed by atoms with E-state index in [1.54, 1.807) is 19.2 Å². The molecule has 1 heterocycles. The Balaban J connectivity index is 1.62. The SMILES string of the molecule is Cn1nnnc1SCC(=O)NCC#CCOc1ccccc1Cl. The van der Waals surface area contributed by atoms with E-state index in [0.29, 0.717) is 15.9 Å². The normalized spacial score (nSPS) is 9.83. The molecule has 0 unspecified atom stereocenters. The number of thioether (sulfide) groups is 1. The number of aryl methyl sites for hydroxylation is 1. The van der Waals surface area contributed by atoms with E-state index < -0.39 is 0 Å². The summed E-state index contributed by atoms with van der Waals surface area (Å²) in [5, 5.41) is 14.7. The summed E-state index contributed by atoms with van der Waals surface area (Å²) >= 11 is 7.20. The van der Waals surface area contributed by atoms with E-state index in [4.69, 9.17) is 16.3 Å². The first-order valence-electron chi connectivity index (χ1n) is 6.61. The molecule has 2 rings (SSSR count). The number of carbonyl (C=O) groups is 1. The standard InChI is InChI=1S/C14H14ClN5O2S/c1-20-14(17-18-19-20)23-10-13(21)16-8-4-5-9-22-12-7-3-2-6-11(12)15/h2-3,6-7H,8-10H2,1H3,(H,16,21). The third-order valence-electron chi connectivity index (χ3n) is 2.55. The molecule has 0 bridgehead atoms. The summed E-state index contributed by atoms with van der Waals surface area (Å²) in [4.78, 5) is 11.6. The first-order chi connectivity index (χ1) is 11.2. The third kappa shape index (κ3) is 5.81. The van der Waals surface area contributed by atoms with Gasteiger partial charge in [0, 0.05) is 7.05 Å². The van der Waals surface area contributed by atoms with Crippen LogP contribution in [0.3, 0.4) is 0 Å². The van der Waals surface area contributed by atoms with E-state index in [9.17, 15) is 4.79 Å². The van der Waals surface area contributed by atoms with Crippen LogP contribution in [0.2, 0.25) is 5.02 Å². The molecule has 23 heavy (non-hydrogen) atoms. The molecule has 0 saturated heterocycles. The Morgan fingerprint density at radius 1 is 1.43 bits per heavy atom. The van der Waals surface area contributed by atoms with Gasteiger partial charge in [-0.25, -0.2) is 4.68 Å². The average Bonchev–Trinajstić information content (AvgIpc) is 2.95. The van der Waals surface area contributed by atoms with E-state index in [0.717, 1.165) is 0 Å². The lowest BCUT2D eigenvalue weighted by atomic mass is 10.3. The van der Waals surface area contributed by atoms with Gasteiger partial charge in [0.05, 0.1) is 17.3 Å². The molecule has 1 aromatic heterocycles. The monoisotopic (exact) mass is 351 g/mol. The first-order valence-corrected chi connectivity index (χ1v) is 7.98. The maximum atomic E-state index is 11.6. The van der Waals surface area contributed by atoms with Gasteiger partial charge in [-0.15, -0.1) is 5.10 Å². The summed E-state index contributed by atoms with van der Waals surface area (Å²) in [6.45, 7) is 0.460. The van der Waals surface area contributed by atoms with Gasteiger partial charge in [0.2, 0.25) is 11.1 Å². The van der Waals surface area contributed by atoms with Gasteiger partial charge in [0.25, 0.3) is 0 Å². The second kappa shape index (κ2) is 9.02. The van der Waals surface area contributed by atoms with Crippen LogP contribution in [0.25, 0.3) is 0 Å². The number of hydrogen-bond donors (Lipinski definition) is 1. The minimum atomic E-state index is -0.140. The van der Waals surface area contributed by atoms with Crippen molar-refractivity contribution in [2.75, 3.05) is 18.9 Å². The van der Waals surface area contributed by atoms with Crippen molar-refractivity contribution in [3.63, 3.8) is 0 Å². The van der Waals surface area contributed by atoms with Gasteiger partial charge in [-0.1, -0.05) is 47.3 Å². The van der Waals surface area contributed by atoms with Crippen LogP contribution in [0.4, 0.5) is 0 Å². The van der Waals surface area contributed by atoms with Crippen molar-refractivity contribution in [2.24, 2.45) is 7.05 Å². The molecule has 1 amide bonds. The maximum Gasteiger partial charge on any atom is 0.231 e. The number of benzene rings is 1. The van der Waals surface area contributed by atoms with Gasteiger partial charge < -0.3 is 10.1 Å². The topological polar surface area (TPSA) is 81.9 Å². The number of nitrogens with one attached hydrogen (secondary N) is 1. The number of para-hydroxylation sites is 1. The summed E-state index contributed by atoms with van der Waals surface area (Å²) in [7, 11) is 1.71. The molecule has 120 valence electrons. The molecule has 0 atom stereocenters. The molecule has 0 aliphatic rings. The van der Waals surface area contributed by atoms with E-state index in [-0.39, 0.29) is 24.8 Å². The van der Waals surface area contributed by atoms with Crippen molar-refractivity contribution >= 4 is 29.3 Å². The van der Waals surface area contributed by atoms with Crippen LogP contribution in [-0.2, 0) is 11.8 Å². The molecular formula is C14H14ClN5O2S. The van der Waals surface area contributed by atoms with Crippen molar-refractivity contribution < 1.29 is 9.53 Å². The second-order valence-electron chi connectivity index (χ2n) is 4.22. The Morgan fingerprint density at radius 2 is 2.26 bits per heavy atom. The molecule has 9 heteroatoms. The van der Waals surface area contributed by atoms with Crippen LogP contribution in [0, 0.1) is 11.8 Å². The minimum absolute atomic E-state index is 0.140. The summed E-state index contributed by atoms with van der Waals surface area (Å²) in [6, 6.07) is 7.17. The van der Waals surface area contributed by atoms with Crippen LogP contribution >= 0.6 is 23.4 Å². The Kier molecular flexibility index (Phi) is 6.72. The number of rotatable bonds is 6. The van der Waals surface area contributed by atoms with Gasteiger partial charge in [-0.2, -0.15) is 0 Å². The van der Waals surface area contributed by atoms with Crippen molar-refractivity contribution in [2.45, 2.75) is 5.16 Å². The number of aromatic nitrogens is 4. The molecule has 0 aliphatic carbocycles. The summed E-state index contributed by atoms with van der Waals surface area (Å²) in [5.41, 5.74) is 0. The molecule has 0 radical (unpaired) electrons. The summed E-state index contributed by atoms with van der Waals surface area (Å²) in [6.07, 6.45) is 0. The Morgan fingerprint density at radius 3 is 3.00 bits per heavy atom. The number of nitrogens with zero attached hydrogens (tertiary/aromatic N) is 4. The average molecular weight is 352 g/mol. The lowest BCUT2D eigenvalue weighted by molar-refractivity contribution is -0.118. The van der Waals surface area contributed by atoms with Crippen molar-refractivity contribution in [1.82, 2.24) is 25.5 Å². The van der Waals surface area contributed by atoms with E-state index >= 15 is 0 Å². The fraction of sp³-hybridized carbons (Fsp3) is 0.286. The van der Waals surface area contributed by atoms with Crippen molar-refractivity contribution in [3.05, 3.63) is 29.3 Å². The zero-order chi connectivity index (χ0) is 16.5. The van der Waals surface area contributed by atoms with Crippen LogP contribution in [0.5, 0.6) is 5.75 Å². The zero-order valence-corrected chi connectivity index (χ0v) is 13.9. The fourth-order valence-corrected chi connectivity index (χ4v) is 2.33.